The molecule has 10 heteroatoms. The van der Waals surface area contributed by atoms with Crippen LogP contribution >= 0.6 is 0 Å². The smallest absolute Gasteiger partial charge is 0.353 e. The summed E-state index contributed by atoms with van der Waals surface area (Å²) >= 11 is 0. The third-order valence-corrected chi connectivity index (χ3v) is 5.35. The Hall–Kier alpha value is -2.36. The number of likely N-dealkylation sites (tertiary alicyclic amines) is 1. The van der Waals surface area contributed by atoms with Gasteiger partial charge in [-0.15, -0.1) is 0 Å². The van der Waals surface area contributed by atoms with Crippen LogP contribution in [0.1, 0.15) is 19.3 Å². The van der Waals surface area contributed by atoms with Crippen LogP contribution < -0.4 is 10.2 Å². The summed E-state index contributed by atoms with van der Waals surface area (Å²) in [7, 11) is 0. The Bertz CT molecular complexity index is 693. The van der Waals surface area contributed by atoms with Crippen molar-refractivity contribution in [1.82, 2.24) is 20.1 Å². The topological polar surface area (TPSA) is 68.8 Å². The second kappa shape index (κ2) is 9.43. The number of alkyl halides is 3. The second-order valence-electron chi connectivity index (χ2n) is 7.33. The highest BCUT2D eigenvalue weighted by Gasteiger charge is 2.34. The summed E-state index contributed by atoms with van der Waals surface area (Å²) in [5.74, 6) is 0.285. The molecular formula is C19H26F3N5O2. The molecule has 2 saturated heterocycles. The lowest BCUT2D eigenvalue weighted by atomic mass is 10.2. The Balaban J connectivity index is 1.42. The maximum atomic E-state index is 12.5. The molecule has 0 aromatic carbocycles. The molecule has 3 heterocycles. The summed E-state index contributed by atoms with van der Waals surface area (Å²) in [4.78, 5) is 34.7. The number of nitrogens with one attached hydrogen (secondary N) is 1. The normalized spacial score (nSPS) is 20.7. The van der Waals surface area contributed by atoms with Crippen LogP contribution in [-0.2, 0) is 9.59 Å². The highest BCUT2D eigenvalue weighted by Crippen LogP contribution is 2.19. The summed E-state index contributed by atoms with van der Waals surface area (Å²) in [6.07, 6.45) is -1.18. The summed E-state index contributed by atoms with van der Waals surface area (Å²) in [5.41, 5.74) is 0. The molecule has 2 aliphatic heterocycles. The minimum absolute atomic E-state index is 0.00650. The Morgan fingerprint density at radius 2 is 1.90 bits per heavy atom. The molecule has 1 atom stereocenters. The lowest BCUT2D eigenvalue weighted by Gasteiger charge is -2.35. The number of halogens is 3. The van der Waals surface area contributed by atoms with Crippen LogP contribution in [0.3, 0.4) is 0 Å². The molecule has 1 unspecified atom stereocenters. The number of nitrogens with zero attached hydrogens (tertiary/aromatic N) is 4. The van der Waals surface area contributed by atoms with Crippen molar-refractivity contribution < 1.29 is 22.8 Å². The van der Waals surface area contributed by atoms with Crippen molar-refractivity contribution in [2.24, 2.45) is 0 Å². The monoisotopic (exact) mass is 413 g/mol. The van der Waals surface area contributed by atoms with E-state index in [-0.39, 0.29) is 12.3 Å². The van der Waals surface area contributed by atoms with E-state index in [0.29, 0.717) is 45.7 Å². The quantitative estimate of drug-likeness (QED) is 0.761. The number of hydrogen-bond donors (Lipinski definition) is 1. The fourth-order valence-corrected chi connectivity index (χ4v) is 3.82. The molecular weight excluding hydrogens is 387 g/mol. The Morgan fingerprint density at radius 1 is 1.14 bits per heavy atom. The van der Waals surface area contributed by atoms with Crippen molar-refractivity contribution in [3.8, 4) is 0 Å². The van der Waals surface area contributed by atoms with E-state index in [9.17, 15) is 22.8 Å². The van der Waals surface area contributed by atoms with Gasteiger partial charge in [-0.25, -0.2) is 4.98 Å². The van der Waals surface area contributed by atoms with E-state index in [1.807, 2.05) is 28.4 Å². The minimum Gasteiger partial charge on any atom is -0.353 e. The van der Waals surface area contributed by atoms with Gasteiger partial charge in [0.25, 0.3) is 0 Å². The molecule has 1 aromatic heterocycles. The fraction of sp³-hybridized carbons (Fsp3) is 0.632. The number of carbonyl (C=O) groups is 2. The molecule has 1 aromatic rings. The van der Waals surface area contributed by atoms with Crippen LogP contribution in [0, 0.1) is 0 Å². The first-order valence-electron chi connectivity index (χ1n) is 9.86. The average Bonchev–Trinajstić information content (AvgIpc) is 3.19. The third-order valence-electron chi connectivity index (χ3n) is 5.35. The molecule has 3 rings (SSSR count). The number of aromatic nitrogens is 1. The van der Waals surface area contributed by atoms with Crippen molar-refractivity contribution in [2.45, 2.75) is 31.5 Å². The zero-order chi connectivity index (χ0) is 20.9. The number of anilines is 1. The van der Waals surface area contributed by atoms with Crippen LogP contribution in [0.5, 0.6) is 0 Å². The summed E-state index contributed by atoms with van der Waals surface area (Å²) in [6.45, 7) is 2.28. The Morgan fingerprint density at radius 3 is 2.55 bits per heavy atom. The number of pyridine rings is 1. The van der Waals surface area contributed by atoms with Crippen LogP contribution in [-0.4, -0.2) is 84.6 Å². The molecule has 2 amide bonds. The fourth-order valence-electron chi connectivity index (χ4n) is 3.82. The zero-order valence-electron chi connectivity index (χ0n) is 16.2. The van der Waals surface area contributed by atoms with E-state index < -0.39 is 24.7 Å². The number of carbonyl (C=O) groups excluding carboxylic acids is 2. The van der Waals surface area contributed by atoms with Crippen LogP contribution in [0.15, 0.2) is 24.4 Å². The van der Waals surface area contributed by atoms with E-state index >= 15 is 0 Å². The van der Waals surface area contributed by atoms with Gasteiger partial charge < -0.3 is 15.1 Å². The van der Waals surface area contributed by atoms with E-state index in [4.69, 9.17) is 0 Å². The van der Waals surface area contributed by atoms with Gasteiger partial charge in [0.05, 0.1) is 6.04 Å². The van der Waals surface area contributed by atoms with Crippen molar-refractivity contribution in [3.63, 3.8) is 0 Å². The van der Waals surface area contributed by atoms with Gasteiger partial charge in [-0.3, -0.25) is 14.5 Å². The predicted molar refractivity (Wildman–Crippen MR) is 101 cm³/mol. The molecule has 1 N–H and O–H groups in total. The largest absolute Gasteiger partial charge is 0.405 e. The summed E-state index contributed by atoms with van der Waals surface area (Å²) < 4.78 is 36.9. The van der Waals surface area contributed by atoms with Crippen molar-refractivity contribution >= 4 is 17.6 Å². The van der Waals surface area contributed by atoms with Gasteiger partial charge in [0.1, 0.15) is 12.4 Å². The molecule has 2 aliphatic rings. The van der Waals surface area contributed by atoms with E-state index in [0.717, 1.165) is 12.2 Å². The van der Waals surface area contributed by atoms with E-state index in [1.54, 1.807) is 11.1 Å². The first-order valence-corrected chi connectivity index (χ1v) is 9.86. The second-order valence-corrected chi connectivity index (χ2v) is 7.33. The maximum Gasteiger partial charge on any atom is 0.405 e. The van der Waals surface area contributed by atoms with Gasteiger partial charge in [0, 0.05) is 45.3 Å². The number of hydrogen-bond acceptors (Lipinski definition) is 5. The van der Waals surface area contributed by atoms with Crippen LogP contribution in [0.2, 0.25) is 0 Å². The molecule has 0 spiro atoms. The first-order chi connectivity index (χ1) is 13.8. The van der Waals surface area contributed by atoms with Crippen LogP contribution in [0.25, 0.3) is 0 Å². The molecule has 7 nitrogen and oxygen atoms in total. The Labute approximate surface area is 167 Å². The van der Waals surface area contributed by atoms with Gasteiger partial charge in [0.2, 0.25) is 11.8 Å². The molecule has 2 fully saturated rings. The average molecular weight is 413 g/mol. The van der Waals surface area contributed by atoms with E-state index in [1.165, 1.54) is 0 Å². The van der Waals surface area contributed by atoms with Crippen LogP contribution in [0.4, 0.5) is 19.0 Å². The molecule has 29 heavy (non-hydrogen) atoms. The molecule has 160 valence electrons. The van der Waals surface area contributed by atoms with Gasteiger partial charge in [-0.05, 0) is 31.5 Å². The van der Waals surface area contributed by atoms with Gasteiger partial charge in [-0.2, -0.15) is 13.2 Å². The molecule has 0 aliphatic carbocycles. The first kappa shape index (κ1) is 21.4. The summed E-state index contributed by atoms with van der Waals surface area (Å²) in [6, 6.07) is 5.13. The lowest BCUT2D eigenvalue weighted by Crippen LogP contribution is -2.50. The Kier molecular flexibility index (Phi) is 6.94. The molecule has 0 bridgehead atoms. The summed E-state index contributed by atoms with van der Waals surface area (Å²) in [5, 5.41) is 1.95. The van der Waals surface area contributed by atoms with Crippen molar-refractivity contribution in [1.29, 1.82) is 0 Å². The van der Waals surface area contributed by atoms with E-state index in [2.05, 4.69) is 9.88 Å². The number of rotatable bonds is 6. The SMILES string of the molecule is O=C(NCC(F)(F)F)C1CCCN1CCC(=O)N1CCN(c2ccccn2)CC1. The number of piperazine rings is 1. The van der Waals surface area contributed by atoms with Gasteiger partial charge in [-0.1, -0.05) is 6.07 Å². The standard InChI is InChI=1S/C19H26F3N5O2/c20-19(21,22)14-24-18(29)15-4-3-8-25(15)9-6-17(28)27-12-10-26(11-13-27)16-5-1-2-7-23-16/h1-2,5,7,15H,3-4,6,8-14H2,(H,24,29). The van der Waals surface area contributed by atoms with Crippen molar-refractivity contribution in [2.75, 3.05) is 50.7 Å². The number of amides is 2. The minimum atomic E-state index is -4.42. The predicted octanol–water partition coefficient (Wildman–Crippen LogP) is 1.26. The zero-order valence-corrected chi connectivity index (χ0v) is 16.2. The maximum absolute atomic E-state index is 12.5. The molecule has 0 saturated carbocycles. The highest BCUT2D eigenvalue weighted by molar-refractivity contribution is 5.82. The van der Waals surface area contributed by atoms with Gasteiger partial charge in [0.15, 0.2) is 0 Å². The third kappa shape index (κ3) is 6.06. The molecule has 0 radical (unpaired) electrons. The lowest BCUT2D eigenvalue weighted by molar-refractivity contribution is -0.141. The van der Waals surface area contributed by atoms with Gasteiger partial charge >= 0.3 is 6.18 Å². The van der Waals surface area contributed by atoms with Crippen molar-refractivity contribution in [3.05, 3.63) is 24.4 Å². The highest BCUT2D eigenvalue weighted by atomic mass is 19.4.